The lowest BCUT2D eigenvalue weighted by Crippen LogP contribution is -2.51. The monoisotopic (exact) mass is 490 g/mol. The number of nitrogens with zero attached hydrogens (tertiary/aromatic N) is 2. The number of carbonyl (C=O) groups excluding carboxylic acids is 2. The van der Waals surface area contributed by atoms with Crippen LogP contribution in [0.4, 0.5) is 4.39 Å². The molecule has 9 heteroatoms. The third-order valence-electron chi connectivity index (χ3n) is 6.09. The summed E-state index contributed by atoms with van der Waals surface area (Å²) in [7, 11) is 0. The summed E-state index contributed by atoms with van der Waals surface area (Å²) in [5, 5.41) is 0.566. The molecular weight excluding hydrogens is 463 g/mol. The number of para-hydroxylation sites is 1. The quantitative estimate of drug-likeness (QED) is 0.595. The van der Waals surface area contributed by atoms with Gasteiger partial charge in [-0.25, -0.2) is 4.39 Å². The molecule has 4 rings (SSSR count). The van der Waals surface area contributed by atoms with E-state index >= 15 is 0 Å². The first kappa shape index (κ1) is 24.3. The molecule has 0 N–H and O–H groups in total. The zero-order valence-corrected chi connectivity index (χ0v) is 19.6. The normalized spacial score (nSPS) is 20.6. The van der Waals surface area contributed by atoms with E-state index in [1.54, 1.807) is 34.1 Å². The molecule has 34 heavy (non-hydrogen) atoms. The van der Waals surface area contributed by atoms with Crippen LogP contribution in [-0.4, -0.2) is 73.7 Å². The van der Waals surface area contributed by atoms with Gasteiger partial charge in [0.25, 0.3) is 5.91 Å². The number of benzene rings is 2. The summed E-state index contributed by atoms with van der Waals surface area (Å²) in [6.45, 7) is 2.70. The summed E-state index contributed by atoms with van der Waals surface area (Å²) in [6, 6.07) is 13.1. The zero-order chi connectivity index (χ0) is 23.9. The first-order valence-electron chi connectivity index (χ1n) is 11.4. The number of likely N-dealkylation sites (tertiary alicyclic amines) is 1. The number of amides is 2. The molecule has 182 valence electrons. The van der Waals surface area contributed by atoms with Gasteiger partial charge in [0.1, 0.15) is 11.9 Å². The zero-order valence-electron chi connectivity index (χ0n) is 18.8. The molecule has 2 aromatic rings. The first-order chi connectivity index (χ1) is 16.5. The third kappa shape index (κ3) is 6.39. The Hall–Kier alpha value is -2.84. The van der Waals surface area contributed by atoms with Crippen LogP contribution in [0.5, 0.6) is 11.5 Å². The molecule has 2 saturated heterocycles. The maximum absolute atomic E-state index is 13.8. The van der Waals surface area contributed by atoms with Crippen LogP contribution < -0.4 is 9.47 Å². The number of ether oxygens (including phenoxy) is 3. The van der Waals surface area contributed by atoms with Crippen molar-refractivity contribution in [1.82, 2.24) is 9.80 Å². The predicted molar refractivity (Wildman–Crippen MR) is 124 cm³/mol. The molecule has 2 heterocycles. The molecule has 0 aliphatic carbocycles. The molecular formula is C25H28ClFN2O5. The molecule has 2 amide bonds. The number of hydrogen-bond acceptors (Lipinski definition) is 5. The predicted octanol–water partition coefficient (Wildman–Crippen LogP) is 3.40. The van der Waals surface area contributed by atoms with Gasteiger partial charge in [-0.15, -0.1) is 0 Å². The largest absolute Gasteiger partial charge is 0.490 e. The van der Waals surface area contributed by atoms with Gasteiger partial charge in [-0.2, -0.15) is 0 Å². The topological polar surface area (TPSA) is 68.3 Å². The van der Waals surface area contributed by atoms with Crippen molar-refractivity contribution >= 4 is 23.4 Å². The maximum Gasteiger partial charge on any atom is 0.260 e. The van der Waals surface area contributed by atoms with E-state index in [-0.39, 0.29) is 42.6 Å². The van der Waals surface area contributed by atoms with E-state index in [0.717, 1.165) is 0 Å². The highest BCUT2D eigenvalue weighted by Crippen LogP contribution is 2.28. The molecule has 2 aromatic carbocycles. The fourth-order valence-corrected chi connectivity index (χ4v) is 4.44. The molecule has 2 atom stereocenters. The van der Waals surface area contributed by atoms with Gasteiger partial charge < -0.3 is 24.0 Å². The van der Waals surface area contributed by atoms with Gasteiger partial charge in [0, 0.05) is 50.0 Å². The fraction of sp³-hybridized carbons (Fsp3) is 0.440. The van der Waals surface area contributed by atoms with E-state index in [4.69, 9.17) is 25.8 Å². The molecule has 0 unspecified atom stereocenters. The molecule has 2 aliphatic rings. The van der Waals surface area contributed by atoms with Crippen LogP contribution >= 0.6 is 11.6 Å². The summed E-state index contributed by atoms with van der Waals surface area (Å²) in [5.74, 6) is -0.297. The number of carbonyl (C=O) groups is 2. The number of morpholine rings is 1. The molecule has 0 bridgehead atoms. The average Bonchev–Trinajstić information content (AvgIpc) is 2.85. The van der Waals surface area contributed by atoms with Crippen molar-refractivity contribution in [3.8, 4) is 11.5 Å². The second-order valence-corrected chi connectivity index (χ2v) is 8.86. The SMILES string of the molecule is O=C(C[C@H]1CN(C(=O)COc2ccccc2F)CC[C@@H]1Oc1cccc(Cl)c1)N1CCOCC1. The Labute approximate surface area is 203 Å². The van der Waals surface area contributed by atoms with Gasteiger partial charge in [0.05, 0.1) is 13.2 Å². The summed E-state index contributed by atoms with van der Waals surface area (Å²) in [4.78, 5) is 29.3. The standard InChI is InChI=1S/C25H28ClFN2O5/c26-19-4-3-5-20(15-19)34-22-8-9-29(25(31)17-33-23-7-2-1-6-21(23)27)16-18(22)14-24(30)28-10-12-32-13-11-28/h1-7,15,18,22H,8-14,16-17H2/t18-,22-/m0/s1. The van der Waals surface area contributed by atoms with Crippen molar-refractivity contribution in [1.29, 1.82) is 0 Å². The van der Waals surface area contributed by atoms with Crippen molar-refractivity contribution in [3.63, 3.8) is 0 Å². The Morgan fingerprint density at radius 3 is 2.59 bits per heavy atom. The molecule has 2 fully saturated rings. The summed E-state index contributed by atoms with van der Waals surface area (Å²) in [5.41, 5.74) is 0. The summed E-state index contributed by atoms with van der Waals surface area (Å²) in [6.07, 6.45) is 0.558. The van der Waals surface area contributed by atoms with Gasteiger partial charge in [-0.05, 0) is 30.3 Å². The van der Waals surface area contributed by atoms with E-state index in [1.807, 2.05) is 12.1 Å². The van der Waals surface area contributed by atoms with Crippen molar-refractivity contribution in [2.45, 2.75) is 18.9 Å². The second kappa shape index (κ2) is 11.5. The lowest BCUT2D eigenvalue weighted by molar-refractivity contribution is -0.142. The molecule has 0 spiro atoms. The lowest BCUT2D eigenvalue weighted by atomic mass is 9.90. The fourth-order valence-electron chi connectivity index (χ4n) is 4.26. The van der Waals surface area contributed by atoms with Crippen LogP contribution in [0, 0.1) is 11.7 Å². The van der Waals surface area contributed by atoms with Crippen LogP contribution in [0.25, 0.3) is 0 Å². The van der Waals surface area contributed by atoms with Crippen LogP contribution in [0.1, 0.15) is 12.8 Å². The van der Waals surface area contributed by atoms with E-state index in [9.17, 15) is 14.0 Å². The van der Waals surface area contributed by atoms with Crippen molar-refractivity contribution in [2.75, 3.05) is 46.0 Å². The Morgan fingerprint density at radius 2 is 1.82 bits per heavy atom. The highest BCUT2D eigenvalue weighted by molar-refractivity contribution is 6.30. The number of hydrogen-bond donors (Lipinski definition) is 0. The Morgan fingerprint density at radius 1 is 1.03 bits per heavy atom. The van der Waals surface area contributed by atoms with Crippen LogP contribution in [0.15, 0.2) is 48.5 Å². The second-order valence-electron chi connectivity index (χ2n) is 8.42. The van der Waals surface area contributed by atoms with E-state index in [0.29, 0.717) is 56.6 Å². The van der Waals surface area contributed by atoms with Crippen LogP contribution in [0.2, 0.25) is 5.02 Å². The van der Waals surface area contributed by atoms with Crippen LogP contribution in [-0.2, 0) is 14.3 Å². The molecule has 0 aromatic heterocycles. The molecule has 7 nitrogen and oxygen atoms in total. The van der Waals surface area contributed by atoms with Gasteiger partial charge in [-0.1, -0.05) is 29.8 Å². The third-order valence-corrected chi connectivity index (χ3v) is 6.32. The van der Waals surface area contributed by atoms with Gasteiger partial charge in [-0.3, -0.25) is 9.59 Å². The summed E-state index contributed by atoms with van der Waals surface area (Å²) < 4.78 is 30.8. The minimum atomic E-state index is -0.516. The minimum Gasteiger partial charge on any atom is -0.490 e. The van der Waals surface area contributed by atoms with E-state index in [2.05, 4.69) is 0 Å². The average molecular weight is 491 g/mol. The highest BCUT2D eigenvalue weighted by atomic mass is 35.5. The van der Waals surface area contributed by atoms with Crippen molar-refractivity contribution < 1.29 is 28.2 Å². The Kier molecular flexibility index (Phi) is 8.24. The molecule has 2 aliphatic heterocycles. The Balaban J connectivity index is 1.42. The van der Waals surface area contributed by atoms with E-state index < -0.39 is 5.82 Å². The maximum atomic E-state index is 13.8. The first-order valence-corrected chi connectivity index (χ1v) is 11.8. The van der Waals surface area contributed by atoms with Crippen molar-refractivity contribution in [2.24, 2.45) is 5.92 Å². The van der Waals surface area contributed by atoms with Crippen LogP contribution in [0.3, 0.4) is 0 Å². The van der Waals surface area contributed by atoms with Gasteiger partial charge >= 0.3 is 0 Å². The minimum absolute atomic E-state index is 0.0184. The number of rotatable bonds is 7. The highest BCUT2D eigenvalue weighted by Gasteiger charge is 2.35. The number of halogens is 2. The number of piperidine rings is 1. The summed E-state index contributed by atoms with van der Waals surface area (Å²) >= 11 is 6.10. The van der Waals surface area contributed by atoms with Crippen molar-refractivity contribution in [3.05, 3.63) is 59.4 Å². The smallest absolute Gasteiger partial charge is 0.260 e. The van der Waals surface area contributed by atoms with Gasteiger partial charge in [0.15, 0.2) is 18.2 Å². The molecule has 0 radical (unpaired) electrons. The van der Waals surface area contributed by atoms with Gasteiger partial charge in [0.2, 0.25) is 5.91 Å². The molecule has 0 saturated carbocycles. The lowest BCUT2D eigenvalue weighted by Gasteiger charge is -2.39. The Bertz CT molecular complexity index is 1000. The van der Waals surface area contributed by atoms with E-state index in [1.165, 1.54) is 12.1 Å².